The van der Waals surface area contributed by atoms with Gasteiger partial charge in [0.1, 0.15) is 16.9 Å². The van der Waals surface area contributed by atoms with Crippen LogP contribution in [-0.4, -0.2) is 53.3 Å². The van der Waals surface area contributed by atoms with E-state index < -0.39 is 5.43 Å². The zero-order chi connectivity index (χ0) is 23.1. The van der Waals surface area contributed by atoms with Gasteiger partial charge in [-0.25, -0.2) is 4.98 Å². The van der Waals surface area contributed by atoms with Crippen LogP contribution in [0.2, 0.25) is 0 Å². The van der Waals surface area contributed by atoms with Crippen LogP contribution in [-0.2, 0) is 0 Å². The van der Waals surface area contributed by atoms with Crippen molar-refractivity contribution in [2.24, 2.45) is 0 Å². The number of hydrogen-bond donors (Lipinski definition) is 2. The highest BCUT2D eigenvalue weighted by Crippen LogP contribution is 2.43. The molecule has 0 spiro atoms. The summed E-state index contributed by atoms with van der Waals surface area (Å²) in [4.78, 5) is 21.6. The van der Waals surface area contributed by atoms with E-state index in [9.17, 15) is 15.0 Å². The van der Waals surface area contributed by atoms with E-state index in [1.165, 1.54) is 23.6 Å². The molecule has 0 unspecified atom stereocenters. The largest absolute Gasteiger partial charge is 0.507 e. The Bertz CT molecular complexity index is 1370. The number of fused-ring (bicyclic) bond motifs is 1. The normalized spacial score (nSPS) is 14.7. The topological polar surface area (TPSA) is 99.3 Å². The molecule has 0 amide bonds. The van der Waals surface area contributed by atoms with Crippen LogP contribution in [0.5, 0.6) is 22.3 Å². The molecule has 0 aliphatic carbocycles. The molecule has 0 saturated carbocycles. The van der Waals surface area contributed by atoms with Crippen molar-refractivity contribution < 1.29 is 19.4 Å². The molecular formula is C24H23N3O5S. The van der Waals surface area contributed by atoms with Crippen LogP contribution in [0.25, 0.3) is 22.3 Å². The molecule has 9 heteroatoms. The summed E-state index contributed by atoms with van der Waals surface area (Å²) >= 11 is 1.29. The molecule has 8 nitrogen and oxygen atoms in total. The molecule has 2 aromatic heterocycles. The summed E-state index contributed by atoms with van der Waals surface area (Å²) in [7, 11) is 2.12. The summed E-state index contributed by atoms with van der Waals surface area (Å²) in [5.41, 5.74) is 1.35. The van der Waals surface area contributed by atoms with Gasteiger partial charge in [0.25, 0.3) is 0 Å². The summed E-state index contributed by atoms with van der Waals surface area (Å²) in [6, 6.07) is 10.2. The molecule has 2 aromatic carbocycles. The summed E-state index contributed by atoms with van der Waals surface area (Å²) < 4.78 is 11.8. The number of aryl methyl sites for hydroxylation is 1. The van der Waals surface area contributed by atoms with Gasteiger partial charge in [0, 0.05) is 49.6 Å². The molecule has 170 valence electrons. The van der Waals surface area contributed by atoms with Gasteiger partial charge in [0.15, 0.2) is 16.8 Å². The van der Waals surface area contributed by atoms with Crippen molar-refractivity contribution in [3.63, 3.8) is 0 Å². The minimum absolute atomic E-state index is 0.0239. The van der Waals surface area contributed by atoms with Crippen LogP contribution in [0.1, 0.15) is 5.01 Å². The Kier molecular flexibility index (Phi) is 5.43. The number of rotatable bonds is 4. The van der Waals surface area contributed by atoms with Crippen LogP contribution < -0.4 is 15.1 Å². The smallest absolute Gasteiger partial charge is 0.213 e. The van der Waals surface area contributed by atoms with Crippen LogP contribution in [0, 0.1) is 6.92 Å². The van der Waals surface area contributed by atoms with Crippen molar-refractivity contribution in [1.82, 2.24) is 9.88 Å². The molecule has 0 radical (unpaired) electrons. The van der Waals surface area contributed by atoms with Crippen molar-refractivity contribution >= 4 is 28.0 Å². The highest BCUT2D eigenvalue weighted by molar-refractivity contribution is 7.13. The number of phenolic OH excluding ortho intramolecular Hbond substituents is 2. The number of benzene rings is 2. The van der Waals surface area contributed by atoms with Gasteiger partial charge in [-0.1, -0.05) is 11.3 Å². The van der Waals surface area contributed by atoms with Crippen LogP contribution in [0.4, 0.5) is 5.69 Å². The second-order valence-electron chi connectivity index (χ2n) is 8.06. The van der Waals surface area contributed by atoms with Crippen molar-refractivity contribution in [2.75, 3.05) is 38.1 Å². The third-order valence-electron chi connectivity index (χ3n) is 5.74. The van der Waals surface area contributed by atoms with Gasteiger partial charge in [0.2, 0.25) is 10.8 Å². The van der Waals surface area contributed by atoms with Gasteiger partial charge < -0.3 is 29.2 Å². The number of piperazine rings is 1. The van der Waals surface area contributed by atoms with E-state index in [-0.39, 0.29) is 28.2 Å². The molecule has 1 fully saturated rings. The van der Waals surface area contributed by atoms with Crippen LogP contribution in [0.3, 0.4) is 0 Å². The SMILES string of the molecule is Cc1ncc(Oc2c(O)cc(O)c3c(=O)cc(-c4ccc(N5CCN(C)CC5)cc4)oc23)s1. The maximum atomic E-state index is 12.9. The van der Waals surface area contributed by atoms with E-state index in [1.807, 2.05) is 31.2 Å². The minimum Gasteiger partial charge on any atom is -0.507 e. The molecule has 33 heavy (non-hydrogen) atoms. The fourth-order valence-corrected chi connectivity index (χ4v) is 4.54. The molecule has 4 aromatic rings. The average Bonchev–Trinajstić information content (AvgIpc) is 3.21. The average molecular weight is 466 g/mol. The lowest BCUT2D eigenvalue weighted by Gasteiger charge is -2.34. The molecule has 2 N–H and O–H groups in total. The standard InChI is InChI=1S/C24H23N3O5S/c1-14-25-13-21(33-14)32-23-19(30)11-17(28)22-18(29)12-20(31-24(22)23)15-3-5-16(6-4-15)27-9-7-26(2)8-10-27/h3-6,11-13,28,30H,7-10H2,1-2H3. The molecule has 0 bridgehead atoms. The minimum atomic E-state index is -0.433. The fraction of sp³-hybridized carbons (Fsp3) is 0.250. The van der Waals surface area contributed by atoms with E-state index in [4.69, 9.17) is 9.15 Å². The van der Waals surface area contributed by atoms with E-state index in [2.05, 4.69) is 21.8 Å². The first-order valence-electron chi connectivity index (χ1n) is 10.6. The molecule has 1 aliphatic rings. The monoisotopic (exact) mass is 465 g/mol. The predicted molar refractivity (Wildman–Crippen MR) is 128 cm³/mol. The Morgan fingerprint density at radius 2 is 1.79 bits per heavy atom. The van der Waals surface area contributed by atoms with Crippen molar-refractivity contribution in [1.29, 1.82) is 0 Å². The maximum Gasteiger partial charge on any atom is 0.213 e. The maximum absolute atomic E-state index is 12.9. The van der Waals surface area contributed by atoms with E-state index >= 15 is 0 Å². The number of ether oxygens (including phenoxy) is 1. The third-order valence-corrected chi connectivity index (χ3v) is 6.53. The Hall–Kier alpha value is -3.56. The number of aromatic hydroxyl groups is 2. The number of hydrogen-bond acceptors (Lipinski definition) is 9. The van der Waals surface area contributed by atoms with E-state index in [0.717, 1.165) is 42.9 Å². The van der Waals surface area contributed by atoms with Gasteiger partial charge in [-0.15, -0.1) is 0 Å². The third kappa shape index (κ3) is 4.12. The zero-order valence-corrected chi connectivity index (χ0v) is 19.1. The number of anilines is 1. The molecule has 1 aliphatic heterocycles. The Balaban J connectivity index is 1.55. The predicted octanol–water partition coefficient (Wildman–Crippen LogP) is 4.18. The first kappa shape index (κ1) is 21.3. The number of aromatic nitrogens is 1. The number of thiazole rings is 1. The van der Waals surface area contributed by atoms with Gasteiger partial charge in [-0.2, -0.15) is 0 Å². The molecule has 1 saturated heterocycles. The van der Waals surface area contributed by atoms with Crippen molar-refractivity contribution in [3.8, 4) is 33.6 Å². The summed E-state index contributed by atoms with van der Waals surface area (Å²) in [5, 5.41) is 21.9. The zero-order valence-electron chi connectivity index (χ0n) is 18.2. The van der Waals surface area contributed by atoms with E-state index in [0.29, 0.717) is 16.4 Å². The van der Waals surface area contributed by atoms with Crippen LogP contribution in [0.15, 0.2) is 51.8 Å². The van der Waals surface area contributed by atoms with Gasteiger partial charge in [-0.3, -0.25) is 4.79 Å². The summed E-state index contributed by atoms with van der Waals surface area (Å²) in [5.74, 6) is -0.440. The highest BCUT2D eigenvalue weighted by Gasteiger charge is 2.21. The second-order valence-corrected chi connectivity index (χ2v) is 9.26. The number of phenols is 2. The van der Waals surface area contributed by atoms with Crippen molar-refractivity contribution in [3.05, 3.63) is 57.8 Å². The first-order valence-corrected chi connectivity index (χ1v) is 11.4. The Labute approximate surface area is 193 Å². The molecule has 3 heterocycles. The fourth-order valence-electron chi connectivity index (χ4n) is 3.91. The van der Waals surface area contributed by atoms with E-state index in [1.54, 1.807) is 0 Å². The summed E-state index contributed by atoms with van der Waals surface area (Å²) in [6.07, 6.45) is 1.52. The van der Waals surface area contributed by atoms with Gasteiger partial charge in [-0.05, 0) is 38.2 Å². The molecular weight excluding hydrogens is 442 g/mol. The lowest BCUT2D eigenvalue weighted by atomic mass is 10.1. The van der Waals surface area contributed by atoms with Gasteiger partial charge in [0.05, 0.1) is 11.2 Å². The lowest BCUT2D eigenvalue weighted by Crippen LogP contribution is -2.44. The molecule has 0 atom stereocenters. The number of likely N-dealkylation sites (N-methyl/N-ethyl adjacent to an activating group) is 1. The molecule has 5 rings (SSSR count). The Morgan fingerprint density at radius 3 is 2.45 bits per heavy atom. The van der Waals surface area contributed by atoms with Gasteiger partial charge >= 0.3 is 0 Å². The van der Waals surface area contributed by atoms with Crippen LogP contribution >= 0.6 is 11.3 Å². The second kappa shape index (κ2) is 8.42. The van der Waals surface area contributed by atoms with Crippen molar-refractivity contribution in [2.45, 2.75) is 6.92 Å². The lowest BCUT2D eigenvalue weighted by molar-refractivity contribution is 0.313. The quantitative estimate of drug-likeness (QED) is 0.463. The summed E-state index contributed by atoms with van der Waals surface area (Å²) in [6.45, 7) is 5.76. The Morgan fingerprint density at radius 1 is 1.06 bits per heavy atom. The first-order chi connectivity index (χ1) is 15.9. The number of nitrogens with zero attached hydrogens (tertiary/aromatic N) is 3. The highest BCUT2D eigenvalue weighted by atomic mass is 32.1.